The van der Waals surface area contributed by atoms with Gasteiger partial charge < -0.3 is 9.47 Å². The van der Waals surface area contributed by atoms with Crippen LogP contribution >= 0.6 is 0 Å². The van der Waals surface area contributed by atoms with Crippen LogP contribution in [0.25, 0.3) is 0 Å². The van der Waals surface area contributed by atoms with E-state index in [-0.39, 0.29) is 5.56 Å². The number of nitrogens with one attached hydrogen (secondary N) is 1. The second-order valence-electron chi connectivity index (χ2n) is 5.89. The topological polar surface area (TPSA) is 59.9 Å². The molecule has 0 heterocycles. The van der Waals surface area contributed by atoms with Gasteiger partial charge in [0.25, 0.3) is 5.91 Å². The number of hydrogen-bond donors (Lipinski definition) is 1. The number of rotatable bonds is 7. The lowest BCUT2D eigenvalue weighted by molar-refractivity contribution is 0.0954. The van der Waals surface area contributed by atoms with Crippen LogP contribution in [-0.2, 0) is 6.61 Å². The fourth-order valence-electron chi connectivity index (χ4n) is 2.48. The number of ether oxygens (including phenoxy) is 2. The zero-order valence-electron chi connectivity index (χ0n) is 15.3. The standard InChI is InChI=1S/C22H19FN2O3/c1-27-21-12-17(10-11-20(21)28-15-16-6-3-2-4-7-16)14-24-25-22(26)18-8-5-9-19(23)13-18/h2-14H,15H2,1H3,(H,25,26). The minimum atomic E-state index is -0.495. The molecular formula is C22H19FN2O3. The van der Waals surface area contributed by atoms with Gasteiger partial charge in [0.2, 0.25) is 0 Å². The van der Waals surface area contributed by atoms with Crippen LogP contribution in [0.3, 0.4) is 0 Å². The molecule has 0 fully saturated rings. The molecule has 28 heavy (non-hydrogen) atoms. The molecule has 0 saturated heterocycles. The molecule has 0 bridgehead atoms. The van der Waals surface area contributed by atoms with E-state index >= 15 is 0 Å². The maximum atomic E-state index is 13.2. The van der Waals surface area contributed by atoms with Crippen molar-refractivity contribution in [3.8, 4) is 11.5 Å². The first-order valence-corrected chi connectivity index (χ1v) is 8.59. The Bertz CT molecular complexity index is 975. The van der Waals surface area contributed by atoms with Gasteiger partial charge in [0.05, 0.1) is 13.3 Å². The zero-order chi connectivity index (χ0) is 19.8. The van der Waals surface area contributed by atoms with Crippen LogP contribution in [0.4, 0.5) is 4.39 Å². The van der Waals surface area contributed by atoms with Crippen LogP contribution < -0.4 is 14.9 Å². The van der Waals surface area contributed by atoms with Gasteiger partial charge in [-0.2, -0.15) is 5.10 Å². The van der Waals surface area contributed by atoms with Crippen LogP contribution in [0.15, 0.2) is 77.9 Å². The maximum Gasteiger partial charge on any atom is 0.271 e. The summed E-state index contributed by atoms with van der Waals surface area (Å²) >= 11 is 0. The molecule has 3 aromatic rings. The first-order valence-electron chi connectivity index (χ1n) is 8.59. The summed E-state index contributed by atoms with van der Waals surface area (Å²) in [7, 11) is 1.55. The molecule has 1 amide bonds. The lowest BCUT2D eigenvalue weighted by atomic mass is 10.2. The van der Waals surface area contributed by atoms with Gasteiger partial charge in [-0.15, -0.1) is 0 Å². The van der Waals surface area contributed by atoms with Gasteiger partial charge in [-0.25, -0.2) is 9.82 Å². The second-order valence-corrected chi connectivity index (χ2v) is 5.89. The Morgan fingerprint density at radius 2 is 1.86 bits per heavy atom. The lowest BCUT2D eigenvalue weighted by Crippen LogP contribution is -2.17. The van der Waals surface area contributed by atoms with Crippen molar-refractivity contribution in [1.29, 1.82) is 0 Å². The number of benzene rings is 3. The molecule has 0 radical (unpaired) electrons. The third-order valence-electron chi connectivity index (χ3n) is 3.89. The molecule has 0 aliphatic carbocycles. The Labute approximate surface area is 162 Å². The van der Waals surface area contributed by atoms with E-state index in [1.165, 1.54) is 24.4 Å². The third kappa shape index (κ3) is 5.17. The highest BCUT2D eigenvalue weighted by Crippen LogP contribution is 2.28. The van der Waals surface area contributed by atoms with E-state index in [0.717, 1.165) is 11.6 Å². The molecule has 1 N–H and O–H groups in total. The summed E-state index contributed by atoms with van der Waals surface area (Å²) in [6.07, 6.45) is 1.47. The summed E-state index contributed by atoms with van der Waals surface area (Å²) in [6, 6.07) is 20.5. The normalized spacial score (nSPS) is 10.6. The molecule has 0 aliphatic heterocycles. The van der Waals surface area contributed by atoms with E-state index in [4.69, 9.17) is 9.47 Å². The zero-order valence-corrected chi connectivity index (χ0v) is 15.3. The van der Waals surface area contributed by atoms with Gasteiger partial charge in [-0.05, 0) is 47.5 Å². The Kier molecular flexibility index (Phi) is 6.36. The highest BCUT2D eigenvalue weighted by molar-refractivity contribution is 5.94. The molecule has 0 spiro atoms. The summed E-state index contributed by atoms with van der Waals surface area (Å²) in [6.45, 7) is 0.425. The van der Waals surface area contributed by atoms with E-state index in [1.54, 1.807) is 25.3 Å². The minimum absolute atomic E-state index is 0.194. The molecule has 0 atom stereocenters. The van der Waals surface area contributed by atoms with E-state index in [2.05, 4.69) is 10.5 Å². The monoisotopic (exact) mass is 378 g/mol. The highest BCUT2D eigenvalue weighted by atomic mass is 19.1. The van der Waals surface area contributed by atoms with Gasteiger partial charge in [-0.3, -0.25) is 4.79 Å². The van der Waals surface area contributed by atoms with Crippen LogP contribution in [0, 0.1) is 5.82 Å². The summed E-state index contributed by atoms with van der Waals surface area (Å²) in [5.74, 6) is 0.182. The van der Waals surface area contributed by atoms with Crippen molar-refractivity contribution in [2.75, 3.05) is 7.11 Å². The molecule has 0 saturated carbocycles. The fraction of sp³-hybridized carbons (Fsp3) is 0.0909. The smallest absolute Gasteiger partial charge is 0.271 e. The van der Waals surface area contributed by atoms with Crippen molar-refractivity contribution in [3.05, 3.63) is 95.3 Å². The van der Waals surface area contributed by atoms with Crippen LogP contribution in [0.2, 0.25) is 0 Å². The Morgan fingerprint density at radius 3 is 2.61 bits per heavy atom. The molecule has 5 nitrogen and oxygen atoms in total. The van der Waals surface area contributed by atoms with Crippen molar-refractivity contribution in [2.24, 2.45) is 5.10 Å². The van der Waals surface area contributed by atoms with Crippen LogP contribution in [0.5, 0.6) is 11.5 Å². The number of nitrogens with zero attached hydrogens (tertiary/aromatic N) is 1. The van der Waals surface area contributed by atoms with Crippen molar-refractivity contribution in [1.82, 2.24) is 5.43 Å². The van der Waals surface area contributed by atoms with Gasteiger partial charge in [0.15, 0.2) is 11.5 Å². The maximum absolute atomic E-state index is 13.2. The van der Waals surface area contributed by atoms with Crippen molar-refractivity contribution in [2.45, 2.75) is 6.61 Å². The van der Waals surface area contributed by atoms with E-state index in [0.29, 0.717) is 23.7 Å². The van der Waals surface area contributed by atoms with Crippen molar-refractivity contribution in [3.63, 3.8) is 0 Å². The highest BCUT2D eigenvalue weighted by Gasteiger charge is 2.07. The van der Waals surface area contributed by atoms with E-state index < -0.39 is 11.7 Å². The first kappa shape index (κ1) is 19.1. The number of halogens is 1. The molecule has 6 heteroatoms. The molecular weight excluding hydrogens is 359 g/mol. The first-order chi connectivity index (χ1) is 13.7. The summed E-state index contributed by atoms with van der Waals surface area (Å²) in [5.41, 5.74) is 4.32. The van der Waals surface area contributed by atoms with Crippen LogP contribution in [0.1, 0.15) is 21.5 Å². The molecule has 0 unspecified atom stereocenters. The largest absolute Gasteiger partial charge is 0.493 e. The summed E-state index contributed by atoms with van der Waals surface area (Å²) < 4.78 is 24.3. The van der Waals surface area contributed by atoms with Crippen molar-refractivity contribution < 1.29 is 18.7 Å². The number of methoxy groups -OCH3 is 1. The van der Waals surface area contributed by atoms with Gasteiger partial charge in [-0.1, -0.05) is 36.4 Å². The molecule has 3 rings (SSSR count). The number of hydrogen-bond acceptors (Lipinski definition) is 4. The van der Waals surface area contributed by atoms with E-state index in [9.17, 15) is 9.18 Å². The fourth-order valence-corrected chi connectivity index (χ4v) is 2.48. The number of carbonyl (C=O) groups is 1. The Hall–Kier alpha value is -3.67. The Morgan fingerprint density at radius 1 is 1.04 bits per heavy atom. The molecule has 0 aliphatic rings. The minimum Gasteiger partial charge on any atom is -0.493 e. The number of amides is 1. The Balaban J connectivity index is 1.62. The quantitative estimate of drug-likeness (QED) is 0.496. The van der Waals surface area contributed by atoms with Gasteiger partial charge in [0, 0.05) is 5.56 Å². The average Bonchev–Trinajstić information content (AvgIpc) is 2.73. The predicted molar refractivity (Wildman–Crippen MR) is 105 cm³/mol. The van der Waals surface area contributed by atoms with Crippen LogP contribution in [-0.4, -0.2) is 19.2 Å². The van der Waals surface area contributed by atoms with Crippen molar-refractivity contribution >= 4 is 12.1 Å². The lowest BCUT2D eigenvalue weighted by Gasteiger charge is -2.11. The van der Waals surface area contributed by atoms with Gasteiger partial charge in [0.1, 0.15) is 12.4 Å². The molecule has 3 aromatic carbocycles. The summed E-state index contributed by atoms with van der Waals surface area (Å²) in [5, 5.41) is 3.90. The predicted octanol–water partition coefficient (Wildman–Crippen LogP) is 4.18. The third-order valence-corrected chi connectivity index (χ3v) is 3.89. The van der Waals surface area contributed by atoms with E-state index in [1.807, 2.05) is 30.3 Å². The molecule has 0 aromatic heterocycles. The number of hydrazone groups is 1. The van der Waals surface area contributed by atoms with Gasteiger partial charge >= 0.3 is 0 Å². The average molecular weight is 378 g/mol. The molecule has 142 valence electrons. The second kappa shape index (κ2) is 9.32. The summed E-state index contributed by atoms with van der Waals surface area (Å²) in [4.78, 5) is 11.9. The SMILES string of the molecule is COc1cc(C=NNC(=O)c2cccc(F)c2)ccc1OCc1ccccc1. The number of carbonyl (C=O) groups excluding carboxylic acids is 1.